The zero-order chi connectivity index (χ0) is 18.4. The molecule has 26 heavy (non-hydrogen) atoms. The third kappa shape index (κ3) is 4.33. The van der Waals surface area contributed by atoms with E-state index >= 15 is 0 Å². The number of hydrogen-bond donors (Lipinski definition) is 1. The molecular weight excluding hydrogens is 330 g/mol. The van der Waals surface area contributed by atoms with Crippen molar-refractivity contribution < 1.29 is 14.3 Å². The zero-order valence-electron chi connectivity index (χ0n) is 15.1. The number of fused-ring (bicyclic) bond motifs is 1. The van der Waals surface area contributed by atoms with E-state index in [-0.39, 0.29) is 12.5 Å². The maximum absolute atomic E-state index is 11.9. The molecule has 0 saturated heterocycles. The second kappa shape index (κ2) is 8.38. The number of para-hydroxylation sites is 2. The van der Waals surface area contributed by atoms with E-state index in [2.05, 4.69) is 20.9 Å². The second-order valence-electron chi connectivity index (χ2n) is 5.97. The Labute approximate surface area is 152 Å². The molecule has 1 aromatic heterocycles. The van der Waals surface area contributed by atoms with Crippen molar-refractivity contribution >= 4 is 16.9 Å². The van der Waals surface area contributed by atoms with Crippen LogP contribution >= 0.6 is 0 Å². The minimum Gasteiger partial charge on any atom is -0.497 e. The number of ether oxygens (including phenoxy) is 2. The molecule has 3 aromatic rings. The molecule has 3 rings (SSSR count). The van der Waals surface area contributed by atoms with Crippen molar-refractivity contribution in [2.75, 3.05) is 20.3 Å². The van der Waals surface area contributed by atoms with Crippen molar-refractivity contribution in [1.82, 2.24) is 14.9 Å². The largest absolute Gasteiger partial charge is 0.497 e. The third-order valence-corrected chi connectivity index (χ3v) is 4.16. The summed E-state index contributed by atoms with van der Waals surface area (Å²) >= 11 is 0. The average Bonchev–Trinajstić information content (AvgIpc) is 2.99. The molecule has 0 atom stereocenters. The molecule has 1 N–H and O–H groups in total. The highest BCUT2D eigenvalue weighted by Gasteiger charge is 2.07. The van der Waals surface area contributed by atoms with Gasteiger partial charge in [-0.25, -0.2) is 4.98 Å². The smallest absolute Gasteiger partial charge is 0.257 e. The van der Waals surface area contributed by atoms with E-state index in [9.17, 15) is 4.79 Å². The molecule has 0 spiro atoms. The van der Waals surface area contributed by atoms with E-state index in [1.54, 1.807) is 31.4 Å². The van der Waals surface area contributed by atoms with Crippen molar-refractivity contribution in [3.05, 3.63) is 54.4 Å². The van der Waals surface area contributed by atoms with E-state index in [4.69, 9.17) is 9.47 Å². The summed E-state index contributed by atoms with van der Waals surface area (Å²) in [7, 11) is 1.61. The van der Waals surface area contributed by atoms with Crippen LogP contribution in [0.3, 0.4) is 0 Å². The number of rotatable bonds is 8. The minimum absolute atomic E-state index is 0.000632. The molecule has 6 heteroatoms. The van der Waals surface area contributed by atoms with Crippen LogP contribution in [0, 0.1) is 6.92 Å². The van der Waals surface area contributed by atoms with Gasteiger partial charge in [-0.2, -0.15) is 0 Å². The number of hydrogen-bond acceptors (Lipinski definition) is 4. The monoisotopic (exact) mass is 353 g/mol. The van der Waals surface area contributed by atoms with Gasteiger partial charge in [-0.3, -0.25) is 4.79 Å². The number of carbonyl (C=O) groups is 1. The van der Waals surface area contributed by atoms with Crippen molar-refractivity contribution in [1.29, 1.82) is 0 Å². The number of nitrogens with one attached hydrogen (secondary N) is 1. The van der Waals surface area contributed by atoms with Gasteiger partial charge in [-0.05, 0) is 49.7 Å². The first kappa shape index (κ1) is 17.8. The minimum atomic E-state index is -0.131. The van der Waals surface area contributed by atoms with E-state index in [0.29, 0.717) is 12.3 Å². The molecule has 1 amide bonds. The summed E-state index contributed by atoms with van der Waals surface area (Å²) in [6.45, 7) is 3.41. The average molecular weight is 353 g/mol. The first-order valence-corrected chi connectivity index (χ1v) is 8.63. The highest BCUT2D eigenvalue weighted by Crippen LogP contribution is 2.17. The molecule has 0 aliphatic rings. The number of methoxy groups -OCH3 is 1. The van der Waals surface area contributed by atoms with Crippen LogP contribution in [-0.4, -0.2) is 35.7 Å². The van der Waals surface area contributed by atoms with Gasteiger partial charge in [0.1, 0.15) is 17.3 Å². The first-order valence-electron chi connectivity index (χ1n) is 8.63. The molecule has 6 nitrogen and oxygen atoms in total. The molecule has 0 bridgehead atoms. The molecule has 0 aliphatic carbocycles. The topological polar surface area (TPSA) is 65.4 Å². The molecule has 0 radical (unpaired) electrons. The molecule has 1 heterocycles. The fourth-order valence-electron chi connectivity index (χ4n) is 2.82. The van der Waals surface area contributed by atoms with Crippen LogP contribution in [0.25, 0.3) is 11.0 Å². The third-order valence-electron chi connectivity index (χ3n) is 4.16. The fraction of sp³-hybridized carbons (Fsp3) is 0.300. The van der Waals surface area contributed by atoms with E-state index in [1.807, 2.05) is 25.1 Å². The summed E-state index contributed by atoms with van der Waals surface area (Å²) in [5.74, 6) is 2.25. The lowest BCUT2D eigenvalue weighted by Crippen LogP contribution is -2.30. The Morgan fingerprint density at radius 2 is 1.85 bits per heavy atom. The molecule has 0 saturated carbocycles. The maximum Gasteiger partial charge on any atom is 0.257 e. The van der Waals surface area contributed by atoms with Crippen LogP contribution in [0.4, 0.5) is 0 Å². The highest BCUT2D eigenvalue weighted by atomic mass is 16.5. The lowest BCUT2D eigenvalue weighted by molar-refractivity contribution is -0.123. The number of carbonyl (C=O) groups excluding carboxylic acids is 1. The Hall–Kier alpha value is -3.02. The van der Waals surface area contributed by atoms with Crippen molar-refractivity contribution in [2.24, 2.45) is 0 Å². The Morgan fingerprint density at radius 1 is 1.12 bits per heavy atom. The van der Waals surface area contributed by atoms with E-state index < -0.39 is 0 Å². The lowest BCUT2D eigenvalue weighted by Gasteiger charge is -2.09. The molecular formula is C20H23N3O3. The Bertz CT molecular complexity index is 872. The summed E-state index contributed by atoms with van der Waals surface area (Å²) in [5.41, 5.74) is 2.13. The first-order chi connectivity index (χ1) is 12.7. The van der Waals surface area contributed by atoms with Gasteiger partial charge in [-0.15, -0.1) is 0 Å². The predicted molar refractivity (Wildman–Crippen MR) is 101 cm³/mol. The van der Waals surface area contributed by atoms with Gasteiger partial charge in [0, 0.05) is 13.1 Å². The molecule has 0 unspecified atom stereocenters. The number of amides is 1. The van der Waals surface area contributed by atoms with Gasteiger partial charge in [0.2, 0.25) is 0 Å². The molecule has 0 aliphatic heterocycles. The van der Waals surface area contributed by atoms with E-state index in [1.165, 1.54) is 0 Å². The van der Waals surface area contributed by atoms with Crippen molar-refractivity contribution in [3.63, 3.8) is 0 Å². The van der Waals surface area contributed by atoms with Crippen molar-refractivity contribution in [2.45, 2.75) is 19.9 Å². The van der Waals surface area contributed by atoms with Gasteiger partial charge < -0.3 is 19.4 Å². The Kier molecular flexibility index (Phi) is 5.73. The predicted octanol–water partition coefficient (Wildman–Crippen LogP) is 2.94. The molecule has 136 valence electrons. The van der Waals surface area contributed by atoms with Crippen LogP contribution in [0.5, 0.6) is 11.5 Å². The summed E-state index contributed by atoms with van der Waals surface area (Å²) in [6.07, 6.45) is 0.829. The number of aromatic nitrogens is 2. The second-order valence-corrected chi connectivity index (χ2v) is 5.97. The van der Waals surface area contributed by atoms with Gasteiger partial charge in [-0.1, -0.05) is 12.1 Å². The fourth-order valence-corrected chi connectivity index (χ4v) is 2.82. The van der Waals surface area contributed by atoms with Gasteiger partial charge in [0.05, 0.1) is 18.1 Å². The zero-order valence-corrected chi connectivity index (χ0v) is 15.1. The van der Waals surface area contributed by atoms with Gasteiger partial charge >= 0.3 is 0 Å². The summed E-state index contributed by atoms with van der Waals surface area (Å²) < 4.78 is 12.7. The van der Waals surface area contributed by atoms with E-state index in [0.717, 1.165) is 35.6 Å². The Balaban J connectivity index is 1.41. The summed E-state index contributed by atoms with van der Waals surface area (Å²) in [6, 6.07) is 15.2. The summed E-state index contributed by atoms with van der Waals surface area (Å²) in [5, 5.41) is 2.88. The number of imidazole rings is 1. The standard InChI is InChI=1S/C20H23N3O3/c1-15-22-18-6-3-4-7-19(18)23(15)13-5-12-21-20(24)14-26-17-10-8-16(25-2)9-11-17/h3-4,6-11H,5,12-14H2,1-2H3,(H,21,24). The van der Waals surface area contributed by atoms with Crippen LogP contribution in [0.1, 0.15) is 12.2 Å². The number of aryl methyl sites for hydroxylation is 2. The summed E-state index contributed by atoms with van der Waals surface area (Å²) in [4.78, 5) is 16.4. The van der Waals surface area contributed by atoms with Crippen LogP contribution < -0.4 is 14.8 Å². The molecule has 0 fully saturated rings. The van der Waals surface area contributed by atoms with Crippen molar-refractivity contribution in [3.8, 4) is 11.5 Å². The normalized spacial score (nSPS) is 10.7. The van der Waals surface area contributed by atoms with Crippen LogP contribution in [0.15, 0.2) is 48.5 Å². The van der Waals surface area contributed by atoms with Gasteiger partial charge in [0.25, 0.3) is 5.91 Å². The van der Waals surface area contributed by atoms with Crippen LogP contribution in [0.2, 0.25) is 0 Å². The lowest BCUT2D eigenvalue weighted by atomic mass is 10.3. The Morgan fingerprint density at radius 3 is 2.62 bits per heavy atom. The van der Waals surface area contributed by atoms with Crippen LogP contribution in [-0.2, 0) is 11.3 Å². The quantitative estimate of drug-likeness (QED) is 0.633. The SMILES string of the molecule is COc1ccc(OCC(=O)NCCCn2c(C)nc3ccccc32)cc1. The number of nitrogens with zero attached hydrogens (tertiary/aromatic N) is 2. The number of benzene rings is 2. The van der Waals surface area contributed by atoms with Gasteiger partial charge in [0.15, 0.2) is 6.61 Å². The maximum atomic E-state index is 11.9. The molecule has 2 aromatic carbocycles. The highest BCUT2D eigenvalue weighted by molar-refractivity contribution is 5.77.